The van der Waals surface area contributed by atoms with Gasteiger partial charge in [-0.05, 0) is 33.8 Å². The molecule has 0 atom stereocenters. The zero-order valence-corrected chi connectivity index (χ0v) is 12.4. The average Bonchev–Trinajstić information content (AvgIpc) is 2.56. The molecule has 0 saturated carbocycles. The molecular weight excluding hydrogens is 260 g/mol. The maximum atomic E-state index is 13.9. The van der Waals surface area contributed by atoms with Crippen molar-refractivity contribution >= 4 is 13.2 Å². The van der Waals surface area contributed by atoms with E-state index in [1.807, 2.05) is 27.7 Å². The molecule has 0 radical (unpaired) electrons. The molecule has 0 spiro atoms. The van der Waals surface area contributed by atoms with Gasteiger partial charge in [0, 0.05) is 12.3 Å². The van der Waals surface area contributed by atoms with Gasteiger partial charge in [0.15, 0.2) is 11.6 Å². The third-order valence-corrected chi connectivity index (χ3v) is 3.78. The Bertz CT molecular complexity index is 515. The Hall–Kier alpha value is -1.40. The highest BCUT2D eigenvalue weighted by Crippen LogP contribution is 2.37. The van der Waals surface area contributed by atoms with Gasteiger partial charge >= 0.3 is 7.12 Å². The molecule has 1 saturated heterocycles. The fraction of sp³-hybridized carbons (Fsp3) is 0.500. The molecule has 1 aromatic heterocycles. The normalized spacial score (nSPS) is 20.6. The summed E-state index contributed by atoms with van der Waals surface area (Å²) in [6, 6.07) is 1.47. The fourth-order valence-corrected chi connectivity index (χ4v) is 1.85. The van der Waals surface area contributed by atoms with E-state index in [-0.39, 0.29) is 11.4 Å². The fourth-order valence-electron chi connectivity index (χ4n) is 1.85. The van der Waals surface area contributed by atoms with Crippen LogP contribution < -0.4 is 4.74 Å². The van der Waals surface area contributed by atoms with E-state index in [0.717, 1.165) is 0 Å². The van der Waals surface area contributed by atoms with Gasteiger partial charge in [-0.25, -0.2) is 4.39 Å². The highest BCUT2D eigenvalue weighted by molar-refractivity contribution is 6.52. The monoisotopic (exact) mass is 279 g/mol. The Labute approximate surface area is 119 Å². The lowest BCUT2D eigenvalue weighted by Gasteiger charge is -2.32. The van der Waals surface area contributed by atoms with Crippen molar-refractivity contribution in [3.8, 4) is 5.75 Å². The summed E-state index contributed by atoms with van der Waals surface area (Å²) in [6.45, 7) is 7.85. The Balaban J connectivity index is 2.16. The zero-order chi connectivity index (χ0) is 15.0. The van der Waals surface area contributed by atoms with Crippen molar-refractivity contribution in [3.05, 3.63) is 29.7 Å². The van der Waals surface area contributed by atoms with Gasteiger partial charge in [0.1, 0.15) is 5.69 Å². The largest absolute Gasteiger partial charge is 0.494 e. The molecule has 1 aliphatic heterocycles. The van der Waals surface area contributed by atoms with Crippen molar-refractivity contribution in [2.75, 3.05) is 7.11 Å². The van der Waals surface area contributed by atoms with E-state index in [0.29, 0.717) is 0 Å². The van der Waals surface area contributed by atoms with E-state index in [2.05, 4.69) is 4.98 Å². The number of hydrogen-bond acceptors (Lipinski definition) is 4. The molecule has 6 heteroatoms. The minimum absolute atomic E-state index is 0.161. The lowest BCUT2D eigenvalue weighted by molar-refractivity contribution is 0.00578. The van der Waals surface area contributed by atoms with Crippen LogP contribution in [0.4, 0.5) is 4.39 Å². The maximum Gasteiger partial charge on any atom is 0.487 e. The molecule has 20 heavy (non-hydrogen) atoms. The van der Waals surface area contributed by atoms with Crippen molar-refractivity contribution in [1.29, 1.82) is 0 Å². The summed E-state index contributed by atoms with van der Waals surface area (Å²) >= 11 is 0. The third-order valence-electron chi connectivity index (χ3n) is 3.78. The van der Waals surface area contributed by atoms with Crippen LogP contribution in [0, 0.1) is 5.82 Å². The number of aromatic nitrogens is 1. The van der Waals surface area contributed by atoms with E-state index in [4.69, 9.17) is 14.0 Å². The van der Waals surface area contributed by atoms with Crippen LogP contribution in [0.5, 0.6) is 5.75 Å². The van der Waals surface area contributed by atoms with E-state index < -0.39 is 24.1 Å². The molecule has 1 aromatic rings. The number of ether oxygens (including phenoxy) is 1. The average molecular weight is 279 g/mol. The summed E-state index contributed by atoms with van der Waals surface area (Å²) in [5, 5.41) is 0. The molecule has 2 rings (SSSR count). The van der Waals surface area contributed by atoms with Crippen LogP contribution in [-0.2, 0) is 9.31 Å². The van der Waals surface area contributed by atoms with Crippen LogP contribution in [0.1, 0.15) is 33.4 Å². The number of nitrogens with zero attached hydrogens (tertiary/aromatic N) is 1. The predicted octanol–water partition coefficient (Wildman–Crippen LogP) is 2.87. The van der Waals surface area contributed by atoms with Gasteiger partial charge in [0.05, 0.1) is 18.3 Å². The predicted molar refractivity (Wildman–Crippen MR) is 75.9 cm³/mol. The van der Waals surface area contributed by atoms with Crippen LogP contribution in [0.15, 0.2) is 18.2 Å². The number of methoxy groups -OCH3 is 1. The number of rotatable bonds is 3. The summed E-state index contributed by atoms with van der Waals surface area (Å²) in [5.41, 5.74) is -0.635. The molecule has 0 amide bonds. The van der Waals surface area contributed by atoms with Gasteiger partial charge in [0.25, 0.3) is 0 Å². The summed E-state index contributed by atoms with van der Waals surface area (Å²) in [6.07, 6.45) is 3.03. The quantitative estimate of drug-likeness (QED) is 0.798. The lowest BCUT2D eigenvalue weighted by Crippen LogP contribution is -2.41. The molecule has 0 N–H and O–H groups in total. The molecule has 2 heterocycles. The zero-order valence-electron chi connectivity index (χ0n) is 12.4. The van der Waals surface area contributed by atoms with E-state index >= 15 is 0 Å². The number of pyridine rings is 1. The first-order valence-corrected chi connectivity index (χ1v) is 6.49. The molecule has 1 fully saturated rings. The van der Waals surface area contributed by atoms with Gasteiger partial charge in [-0.1, -0.05) is 5.98 Å². The first-order valence-electron chi connectivity index (χ1n) is 6.49. The van der Waals surface area contributed by atoms with Crippen LogP contribution >= 0.6 is 0 Å². The Morgan fingerprint density at radius 2 is 1.85 bits per heavy atom. The molecule has 0 bridgehead atoms. The standard InChI is InChI=1S/C14H19BFNO3/c1-13(2)14(3,4)20-15(19-13)8-6-10-12(16)11(18-5)7-9-17-10/h6-9H,1-5H3/b8-6+. The lowest BCUT2D eigenvalue weighted by atomic mass is 9.89. The Morgan fingerprint density at radius 1 is 1.25 bits per heavy atom. The summed E-state index contributed by atoms with van der Waals surface area (Å²) in [4.78, 5) is 3.97. The summed E-state index contributed by atoms with van der Waals surface area (Å²) in [5.74, 6) is 1.32. The van der Waals surface area contributed by atoms with Gasteiger partial charge in [0.2, 0.25) is 0 Å². The van der Waals surface area contributed by atoms with Crippen LogP contribution in [0.25, 0.3) is 6.08 Å². The Kier molecular flexibility index (Phi) is 3.89. The summed E-state index contributed by atoms with van der Waals surface area (Å²) < 4.78 is 30.4. The first-order chi connectivity index (χ1) is 9.27. The minimum atomic E-state index is -0.521. The van der Waals surface area contributed by atoms with Gasteiger partial charge in [-0.15, -0.1) is 0 Å². The van der Waals surface area contributed by atoms with E-state index in [1.54, 1.807) is 12.1 Å². The Morgan fingerprint density at radius 3 is 2.40 bits per heavy atom. The minimum Gasteiger partial charge on any atom is -0.494 e. The van der Waals surface area contributed by atoms with Gasteiger partial charge in [-0.2, -0.15) is 0 Å². The highest BCUT2D eigenvalue weighted by atomic mass is 19.1. The van der Waals surface area contributed by atoms with Crippen molar-refractivity contribution in [1.82, 2.24) is 4.98 Å². The first kappa shape index (κ1) is 15.0. The van der Waals surface area contributed by atoms with Crippen molar-refractivity contribution in [2.45, 2.75) is 38.9 Å². The second-order valence-corrected chi connectivity index (χ2v) is 5.70. The second kappa shape index (κ2) is 5.18. The maximum absolute atomic E-state index is 13.9. The van der Waals surface area contributed by atoms with Crippen LogP contribution in [-0.4, -0.2) is 30.4 Å². The van der Waals surface area contributed by atoms with Gasteiger partial charge in [-0.3, -0.25) is 4.98 Å². The number of halogens is 1. The molecule has 0 unspecified atom stereocenters. The SMILES string of the molecule is COc1ccnc(/C=C/B2OC(C)(C)C(C)(C)O2)c1F. The van der Waals surface area contributed by atoms with Gasteiger partial charge < -0.3 is 14.0 Å². The third kappa shape index (κ3) is 2.71. The van der Waals surface area contributed by atoms with Crippen molar-refractivity contribution < 1.29 is 18.4 Å². The molecule has 0 aromatic carbocycles. The number of hydrogen-bond donors (Lipinski definition) is 0. The molecule has 108 valence electrons. The van der Waals surface area contributed by atoms with Crippen LogP contribution in [0.3, 0.4) is 0 Å². The van der Waals surface area contributed by atoms with Crippen molar-refractivity contribution in [2.24, 2.45) is 0 Å². The topological polar surface area (TPSA) is 40.6 Å². The van der Waals surface area contributed by atoms with E-state index in [9.17, 15) is 4.39 Å². The smallest absolute Gasteiger partial charge is 0.487 e. The molecular formula is C14H19BFNO3. The molecule has 1 aliphatic rings. The highest BCUT2D eigenvalue weighted by Gasteiger charge is 2.50. The summed E-state index contributed by atoms with van der Waals surface area (Å²) in [7, 11) is 0.896. The van der Waals surface area contributed by atoms with E-state index in [1.165, 1.54) is 19.4 Å². The second-order valence-electron chi connectivity index (χ2n) is 5.70. The molecule has 4 nitrogen and oxygen atoms in total. The van der Waals surface area contributed by atoms with Crippen molar-refractivity contribution in [3.63, 3.8) is 0 Å². The molecule has 0 aliphatic carbocycles. The van der Waals surface area contributed by atoms with Crippen LogP contribution in [0.2, 0.25) is 0 Å².